The first-order valence-electron chi connectivity index (χ1n) is 8.06. The molecule has 134 valence electrons. The zero-order chi connectivity index (χ0) is 15.2. The Morgan fingerprint density at radius 1 is 1.32 bits per heavy atom. The standard InChI is InChI=1S/C16H33N3O.2ClH/c1-13-8-7-11-19(12-13)10-6-5-9-18-15(20)14(17)16(2,3)4;;/h13-14H,5-12,17H2,1-4H3,(H,18,20);2*1H/t13?,14-;;/m1../s1. The van der Waals surface area contributed by atoms with Crippen LogP contribution in [0.5, 0.6) is 0 Å². The van der Waals surface area contributed by atoms with E-state index in [1.807, 2.05) is 20.8 Å². The van der Waals surface area contributed by atoms with Gasteiger partial charge in [-0.15, -0.1) is 24.8 Å². The Labute approximate surface area is 148 Å². The van der Waals surface area contributed by atoms with Crippen LogP contribution in [-0.2, 0) is 4.79 Å². The fourth-order valence-corrected chi connectivity index (χ4v) is 2.67. The van der Waals surface area contributed by atoms with E-state index in [4.69, 9.17) is 5.73 Å². The van der Waals surface area contributed by atoms with E-state index >= 15 is 0 Å². The van der Waals surface area contributed by atoms with Gasteiger partial charge in [0.25, 0.3) is 0 Å². The molecule has 0 aromatic heterocycles. The lowest BCUT2D eigenvalue weighted by molar-refractivity contribution is -0.124. The van der Waals surface area contributed by atoms with E-state index in [-0.39, 0.29) is 36.1 Å². The first-order chi connectivity index (χ1) is 9.30. The number of carbonyl (C=O) groups excluding carboxylic acids is 1. The number of hydrogen-bond acceptors (Lipinski definition) is 3. The van der Waals surface area contributed by atoms with Gasteiger partial charge in [0.05, 0.1) is 6.04 Å². The van der Waals surface area contributed by atoms with Gasteiger partial charge in [0.1, 0.15) is 0 Å². The summed E-state index contributed by atoms with van der Waals surface area (Å²) in [6, 6.07) is -0.426. The van der Waals surface area contributed by atoms with Crippen LogP contribution < -0.4 is 11.1 Å². The SMILES string of the molecule is CC1CCCN(CCCCNC(=O)[C@@H](N)C(C)(C)C)C1.Cl.Cl. The van der Waals surface area contributed by atoms with Gasteiger partial charge in [-0.1, -0.05) is 27.7 Å². The Hall–Kier alpha value is -0.0300. The van der Waals surface area contributed by atoms with Crippen LogP contribution in [0, 0.1) is 11.3 Å². The maximum atomic E-state index is 11.9. The van der Waals surface area contributed by atoms with Crippen LogP contribution in [0.15, 0.2) is 0 Å². The van der Waals surface area contributed by atoms with E-state index in [1.54, 1.807) is 0 Å². The fourth-order valence-electron chi connectivity index (χ4n) is 2.67. The van der Waals surface area contributed by atoms with Gasteiger partial charge in [0.15, 0.2) is 0 Å². The Balaban J connectivity index is 0. The molecule has 1 aliphatic heterocycles. The largest absolute Gasteiger partial charge is 0.355 e. The first kappa shape index (κ1) is 24.2. The number of nitrogens with two attached hydrogens (primary N) is 1. The molecule has 1 amide bonds. The molecule has 4 nitrogen and oxygen atoms in total. The van der Waals surface area contributed by atoms with Crippen LogP contribution >= 0.6 is 24.8 Å². The van der Waals surface area contributed by atoms with E-state index in [9.17, 15) is 4.79 Å². The lowest BCUT2D eigenvalue weighted by Crippen LogP contribution is -2.48. The average Bonchev–Trinajstić information content (AvgIpc) is 2.36. The Kier molecular flexibility index (Phi) is 12.7. The third-order valence-electron chi connectivity index (χ3n) is 4.16. The highest BCUT2D eigenvalue weighted by atomic mass is 35.5. The molecule has 6 heteroatoms. The molecule has 0 spiro atoms. The summed E-state index contributed by atoms with van der Waals surface area (Å²) < 4.78 is 0. The highest BCUT2D eigenvalue weighted by molar-refractivity contribution is 5.85. The molecule has 0 saturated carbocycles. The van der Waals surface area contributed by atoms with Crippen molar-refractivity contribution in [2.24, 2.45) is 17.1 Å². The van der Waals surface area contributed by atoms with Crippen LogP contribution in [0.3, 0.4) is 0 Å². The summed E-state index contributed by atoms with van der Waals surface area (Å²) in [5.74, 6) is 0.817. The molecule has 0 radical (unpaired) electrons. The smallest absolute Gasteiger partial charge is 0.237 e. The van der Waals surface area contributed by atoms with Crippen LogP contribution in [0.4, 0.5) is 0 Å². The third-order valence-corrected chi connectivity index (χ3v) is 4.16. The van der Waals surface area contributed by atoms with Crippen molar-refractivity contribution in [2.75, 3.05) is 26.2 Å². The van der Waals surface area contributed by atoms with Gasteiger partial charge in [-0.2, -0.15) is 0 Å². The topological polar surface area (TPSA) is 58.4 Å². The molecule has 0 aliphatic carbocycles. The van der Waals surface area contributed by atoms with Gasteiger partial charge in [-0.05, 0) is 50.1 Å². The van der Waals surface area contributed by atoms with Crippen molar-refractivity contribution < 1.29 is 4.79 Å². The molecular weight excluding hydrogens is 321 g/mol. The molecule has 1 rings (SSSR count). The summed E-state index contributed by atoms with van der Waals surface area (Å²) in [6.07, 6.45) is 4.89. The maximum absolute atomic E-state index is 11.9. The lowest BCUT2D eigenvalue weighted by atomic mass is 9.87. The van der Waals surface area contributed by atoms with Gasteiger partial charge < -0.3 is 16.0 Å². The molecule has 1 aliphatic rings. The molecule has 0 aromatic carbocycles. The van der Waals surface area contributed by atoms with E-state index in [0.29, 0.717) is 0 Å². The van der Waals surface area contributed by atoms with Crippen LogP contribution in [0.1, 0.15) is 53.4 Å². The quantitative estimate of drug-likeness (QED) is 0.720. The summed E-state index contributed by atoms with van der Waals surface area (Å²) in [7, 11) is 0. The van der Waals surface area contributed by atoms with Crippen molar-refractivity contribution in [1.82, 2.24) is 10.2 Å². The van der Waals surface area contributed by atoms with Crippen molar-refractivity contribution >= 4 is 30.7 Å². The number of piperidine rings is 1. The molecule has 22 heavy (non-hydrogen) atoms. The minimum Gasteiger partial charge on any atom is -0.355 e. The third kappa shape index (κ3) is 9.19. The summed E-state index contributed by atoms with van der Waals surface area (Å²) >= 11 is 0. The highest BCUT2D eigenvalue weighted by Gasteiger charge is 2.26. The van der Waals surface area contributed by atoms with E-state index in [1.165, 1.54) is 25.9 Å². The van der Waals surface area contributed by atoms with Crippen molar-refractivity contribution in [3.63, 3.8) is 0 Å². The minimum absolute atomic E-state index is 0. The lowest BCUT2D eigenvalue weighted by Gasteiger charge is -2.30. The van der Waals surface area contributed by atoms with Gasteiger partial charge in [0, 0.05) is 13.1 Å². The number of nitrogens with zero attached hydrogens (tertiary/aromatic N) is 1. The molecule has 2 atom stereocenters. The zero-order valence-corrected chi connectivity index (χ0v) is 16.2. The normalized spacial score (nSPS) is 20.5. The van der Waals surface area contributed by atoms with Crippen molar-refractivity contribution in [1.29, 1.82) is 0 Å². The number of halogens is 2. The number of nitrogens with one attached hydrogen (secondary N) is 1. The molecule has 1 heterocycles. The molecule has 3 N–H and O–H groups in total. The molecule has 0 aromatic rings. The number of likely N-dealkylation sites (tertiary alicyclic amines) is 1. The summed E-state index contributed by atoms with van der Waals surface area (Å²) in [5.41, 5.74) is 5.75. The number of carbonyl (C=O) groups is 1. The van der Waals surface area contributed by atoms with Gasteiger partial charge in [-0.3, -0.25) is 4.79 Å². The number of amides is 1. The first-order valence-corrected chi connectivity index (χ1v) is 8.06. The molecule has 1 unspecified atom stereocenters. The van der Waals surface area contributed by atoms with Gasteiger partial charge >= 0.3 is 0 Å². The predicted molar refractivity (Wildman–Crippen MR) is 99.0 cm³/mol. The van der Waals surface area contributed by atoms with Gasteiger partial charge in [0.2, 0.25) is 5.91 Å². The summed E-state index contributed by atoms with van der Waals surface area (Å²) in [4.78, 5) is 14.4. The maximum Gasteiger partial charge on any atom is 0.237 e. The Bertz CT molecular complexity index is 308. The van der Waals surface area contributed by atoms with Crippen molar-refractivity contribution in [3.8, 4) is 0 Å². The second kappa shape index (κ2) is 11.5. The molecule has 1 fully saturated rings. The second-order valence-corrected chi connectivity index (χ2v) is 7.39. The Morgan fingerprint density at radius 2 is 1.95 bits per heavy atom. The van der Waals surface area contributed by atoms with Crippen LogP contribution in [-0.4, -0.2) is 43.0 Å². The number of rotatable bonds is 6. The number of hydrogen-bond donors (Lipinski definition) is 2. The van der Waals surface area contributed by atoms with Crippen LogP contribution in [0.25, 0.3) is 0 Å². The number of unbranched alkanes of at least 4 members (excludes halogenated alkanes) is 1. The minimum atomic E-state index is -0.426. The van der Waals surface area contributed by atoms with Crippen molar-refractivity contribution in [2.45, 2.75) is 59.4 Å². The van der Waals surface area contributed by atoms with Gasteiger partial charge in [-0.25, -0.2) is 0 Å². The predicted octanol–water partition coefficient (Wildman–Crippen LogP) is 2.83. The molecule has 1 saturated heterocycles. The van der Waals surface area contributed by atoms with Crippen molar-refractivity contribution in [3.05, 3.63) is 0 Å². The fraction of sp³-hybridized carbons (Fsp3) is 0.938. The summed E-state index contributed by atoms with van der Waals surface area (Å²) in [5, 5.41) is 2.95. The zero-order valence-electron chi connectivity index (χ0n) is 14.6. The van der Waals surface area contributed by atoms with E-state index in [2.05, 4.69) is 17.1 Å². The second-order valence-electron chi connectivity index (χ2n) is 7.39. The highest BCUT2D eigenvalue weighted by Crippen LogP contribution is 2.17. The monoisotopic (exact) mass is 355 g/mol. The summed E-state index contributed by atoms with van der Waals surface area (Å²) in [6.45, 7) is 12.7. The average molecular weight is 356 g/mol. The van der Waals surface area contributed by atoms with E-state index in [0.717, 1.165) is 31.8 Å². The Morgan fingerprint density at radius 3 is 2.50 bits per heavy atom. The molecule has 0 bridgehead atoms. The molecular formula is C16H35Cl2N3O. The van der Waals surface area contributed by atoms with Crippen LogP contribution in [0.2, 0.25) is 0 Å². The van der Waals surface area contributed by atoms with E-state index < -0.39 is 6.04 Å².